The second-order valence-corrected chi connectivity index (χ2v) is 4.91. The minimum absolute atomic E-state index is 0. The molecule has 1 fully saturated rings. The first-order valence-corrected chi connectivity index (χ1v) is 7.00. The maximum Gasteiger partial charge on any atom is 0.251 e. The molecular formula is C15H22ClN3O2. The van der Waals surface area contributed by atoms with E-state index in [1.54, 1.807) is 13.1 Å². The van der Waals surface area contributed by atoms with Crippen molar-refractivity contribution in [2.75, 3.05) is 33.2 Å². The summed E-state index contributed by atoms with van der Waals surface area (Å²) in [6.07, 6.45) is 1.17. The molecule has 0 aliphatic carbocycles. The van der Waals surface area contributed by atoms with Crippen LogP contribution < -0.4 is 10.6 Å². The first kappa shape index (κ1) is 17.5. The summed E-state index contributed by atoms with van der Waals surface area (Å²) >= 11 is 0. The van der Waals surface area contributed by atoms with Gasteiger partial charge in [0.2, 0.25) is 5.91 Å². The van der Waals surface area contributed by atoms with Gasteiger partial charge in [-0.3, -0.25) is 9.59 Å². The molecule has 1 aromatic carbocycles. The summed E-state index contributed by atoms with van der Waals surface area (Å²) in [6.45, 7) is 3.32. The molecule has 2 rings (SSSR count). The highest BCUT2D eigenvalue weighted by molar-refractivity contribution is 5.94. The van der Waals surface area contributed by atoms with Gasteiger partial charge in [0.05, 0.1) is 0 Å². The summed E-state index contributed by atoms with van der Waals surface area (Å²) in [7, 11) is 1.61. The molecule has 1 aliphatic heterocycles. The number of nitrogens with zero attached hydrogens (tertiary/aromatic N) is 1. The minimum atomic E-state index is -0.0970. The molecule has 2 amide bonds. The first-order valence-electron chi connectivity index (χ1n) is 7.00. The van der Waals surface area contributed by atoms with Gasteiger partial charge in [0.1, 0.15) is 0 Å². The Kier molecular flexibility index (Phi) is 7.19. The highest BCUT2D eigenvalue weighted by Crippen LogP contribution is 2.09. The first-order chi connectivity index (χ1) is 9.70. The van der Waals surface area contributed by atoms with Crippen LogP contribution in [-0.2, 0) is 11.2 Å². The molecule has 0 radical (unpaired) electrons. The summed E-state index contributed by atoms with van der Waals surface area (Å²) in [5.74, 6) is 0.0946. The van der Waals surface area contributed by atoms with E-state index >= 15 is 0 Å². The lowest BCUT2D eigenvalue weighted by Gasteiger charge is -2.27. The summed E-state index contributed by atoms with van der Waals surface area (Å²) in [6, 6.07) is 7.44. The van der Waals surface area contributed by atoms with Gasteiger partial charge in [-0.25, -0.2) is 0 Å². The van der Waals surface area contributed by atoms with Crippen LogP contribution in [0.3, 0.4) is 0 Å². The van der Waals surface area contributed by atoms with Crippen LogP contribution in [-0.4, -0.2) is 49.9 Å². The maximum atomic E-state index is 12.1. The van der Waals surface area contributed by atoms with Crippen molar-refractivity contribution in [3.05, 3.63) is 35.4 Å². The smallest absolute Gasteiger partial charge is 0.251 e. The molecule has 116 valence electrons. The molecule has 2 N–H and O–H groups in total. The van der Waals surface area contributed by atoms with Crippen LogP contribution in [0.15, 0.2) is 24.3 Å². The average Bonchev–Trinajstić information content (AvgIpc) is 2.53. The standard InChI is InChI=1S/C15H21N3O2.ClH/c1-16-15(20)13-4-2-3-12(11-13)5-6-14(19)18-9-7-17-8-10-18;/h2-4,11,17H,5-10H2,1H3,(H,16,20);1H. The number of hydrogen-bond donors (Lipinski definition) is 2. The maximum absolute atomic E-state index is 12.1. The molecule has 1 aliphatic rings. The zero-order chi connectivity index (χ0) is 14.4. The van der Waals surface area contributed by atoms with Gasteiger partial charge < -0.3 is 15.5 Å². The Labute approximate surface area is 131 Å². The third-order valence-corrected chi connectivity index (χ3v) is 3.51. The molecule has 1 saturated heterocycles. The Hall–Kier alpha value is -1.59. The summed E-state index contributed by atoms with van der Waals surface area (Å²) in [5.41, 5.74) is 1.66. The second-order valence-electron chi connectivity index (χ2n) is 4.91. The number of carbonyl (C=O) groups is 2. The van der Waals surface area contributed by atoms with Crippen LogP contribution in [0.4, 0.5) is 0 Å². The normalized spacial score (nSPS) is 14.2. The number of carbonyl (C=O) groups excluding carboxylic acids is 2. The van der Waals surface area contributed by atoms with E-state index in [0.717, 1.165) is 31.7 Å². The molecule has 0 bridgehead atoms. The van der Waals surface area contributed by atoms with E-state index in [0.29, 0.717) is 18.4 Å². The third kappa shape index (κ3) is 5.02. The van der Waals surface area contributed by atoms with Crippen molar-refractivity contribution in [2.45, 2.75) is 12.8 Å². The number of nitrogens with one attached hydrogen (secondary N) is 2. The molecule has 0 atom stereocenters. The van der Waals surface area contributed by atoms with Crippen molar-refractivity contribution >= 4 is 24.2 Å². The summed E-state index contributed by atoms with van der Waals surface area (Å²) in [4.78, 5) is 25.5. The third-order valence-electron chi connectivity index (χ3n) is 3.51. The van der Waals surface area contributed by atoms with Gasteiger partial charge in [-0.15, -0.1) is 12.4 Å². The van der Waals surface area contributed by atoms with Gasteiger partial charge in [-0.2, -0.15) is 0 Å². The van der Waals surface area contributed by atoms with Crippen LogP contribution >= 0.6 is 12.4 Å². The van der Waals surface area contributed by atoms with Crippen LogP contribution in [0.5, 0.6) is 0 Å². The van der Waals surface area contributed by atoms with Crippen LogP contribution in [0.2, 0.25) is 0 Å². The number of benzene rings is 1. The predicted octanol–water partition coefficient (Wildman–Crippen LogP) is 0.832. The molecule has 21 heavy (non-hydrogen) atoms. The van der Waals surface area contributed by atoms with E-state index in [4.69, 9.17) is 0 Å². The van der Waals surface area contributed by atoms with Gasteiger partial charge in [0, 0.05) is 45.2 Å². The zero-order valence-corrected chi connectivity index (χ0v) is 13.0. The number of aryl methyl sites for hydroxylation is 1. The van der Waals surface area contributed by atoms with Crippen molar-refractivity contribution in [3.63, 3.8) is 0 Å². The second kappa shape index (κ2) is 8.64. The fourth-order valence-electron chi connectivity index (χ4n) is 2.34. The molecule has 1 aromatic rings. The molecule has 0 unspecified atom stereocenters. The lowest BCUT2D eigenvalue weighted by atomic mass is 10.1. The van der Waals surface area contributed by atoms with E-state index < -0.39 is 0 Å². The Morgan fingerprint density at radius 3 is 2.67 bits per heavy atom. The van der Waals surface area contributed by atoms with E-state index in [9.17, 15) is 9.59 Å². The Bertz CT molecular complexity index is 488. The highest BCUT2D eigenvalue weighted by Gasteiger charge is 2.15. The van der Waals surface area contributed by atoms with Gasteiger partial charge in [0.15, 0.2) is 0 Å². The average molecular weight is 312 g/mol. The fourth-order valence-corrected chi connectivity index (χ4v) is 2.34. The minimum Gasteiger partial charge on any atom is -0.355 e. The zero-order valence-electron chi connectivity index (χ0n) is 12.2. The number of hydrogen-bond acceptors (Lipinski definition) is 3. The van der Waals surface area contributed by atoms with E-state index in [-0.39, 0.29) is 24.2 Å². The van der Waals surface area contributed by atoms with Crippen molar-refractivity contribution in [2.24, 2.45) is 0 Å². The van der Waals surface area contributed by atoms with Gasteiger partial charge in [0.25, 0.3) is 5.91 Å². The molecule has 1 heterocycles. The highest BCUT2D eigenvalue weighted by atomic mass is 35.5. The molecule has 0 spiro atoms. The molecule has 5 nitrogen and oxygen atoms in total. The van der Waals surface area contributed by atoms with E-state index in [1.807, 2.05) is 23.1 Å². The largest absolute Gasteiger partial charge is 0.355 e. The lowest BCUT2D eigenvalue weighted by Crippen LogP contribution is -2.46. The number of halogens is 1. The number of piperazine rings is 1. The van der Waals surface area contributed by atoms with E-state index in [1.165, 1.54) is 0 Å². The molecule has 0 aromatic heterocycles. The van der Waals surface area contributed by atoms with E-state index in [2.05, 4.69) is 10.6 Å². The number of amides is 2. The lowest BCUT2D eigenvalue weighted by molar-refractivity contribution is -0.131. The molecule has 6 heteroatoms. The van der Waals surface area contributed by atoms with Crippen LogP contribution in [0.1, 0.15) is 22.3 Å². The molecule has 0 saturated carbocycles. The Balaban J connectivity index is 0.00000220. The van der Waals surface area contributed by atoms with Crippen molar-refractivity contribution in [3.8, 4) is 0 Å². The quantitative estimate of drug-likeness (QED) is 0.866. The summed E-state index contributed by atoms with van der Waals surface area (Å²) in [5, 5.41) is 5.84. The Morgan fingerprint density at radius 2 is 2.00 bits per heavy atom. The van der Waals surface area contributed by atoms with Crippen molar-refractivity contribution in [1.29, 1.82) is 0 Å². The van der Waals surface area contributed by atoms with Gasteiger partial charge in [-0.1, -0.05) is 12.1 Å². The summed E-state index contributed by atoms with van der Waals surface area (Å²) < 4.78 is 0. The van der Waals surface area contributed by atoms with Crippen molar-refractivity contribution in [1.82, 2.24) is 15.5 Å². The predicted molar refractivity (Wildman–Crippen MR) is 84.9 cm³/mol. The molecular weight excluding hydrogens is 290 g/mol. The topological polar surface area (TPSA) is 61.4 Å². The fraction of sp³-hybridized carbons (Fsp3) is 0.467. The van der Waals surface area contributed by atoms with Gasteiger partial charge in [-0.05, 0) is 24.1 Å². The number of rotatable bonds is 4. The van der Waals surface area contributed by atoms with Crippen LogP contribution in [0, 0.1) is 0 Å². The van der Waals surface area contributed by atoms with Crippen LogP contribution in [0.25, 0.3) is 0 Å². The van der Waals surface area contributed by atoms with Crippen molar-refractivity contribution < 1.29 is 9.59 Å². The van der Waals surface area contributed by atoms with Gasteiger partial charge >= 0.3 is 0 Å². The Morgan fingerprint density at radius 1 is 1.29 bits per heavy atom. The SMILES string of the molecule is CNC(=O)c1cccc(CCC(=O)N2CCNCC2)c1.Cl. The monoisotopic (exact) mass is 311 g/mol.